The highest BCUT2D eigenvalue weighted by Gasteiger charge is 2.42. The molecule has 130 valence electrons. The zero-order valence-electron chi connectivity index (χ0n) is 15.2. The van der Waals surface area contributed by atoms with Crippen LogP contribution in [0.4, 0.5) is 0 Å². The topological polar surface area (TPSA) is 49.4 Å². The van der Waals surface area contributed by atoms with Crippen LogP contribution in [0.1, 0.15) is 42.4 Å². The Morgan fingerprint density at radius 3 is 2.46 bits per heavy atom. The Hall–Kier alpha value is -2.10. The van der Waals surface area contributed by atoms with E-state index >= 15 is 0 Å². The average molecular weight is 328 g/mol. The summed E-state index contributed by atoms with van der Waals surface area (Å²) in [6.45, 7) is 4.50. The highest BCUT2D eigenvalue weighted by Crippen LogP contribution is 2.38. The van der Waals surface area contributed by atoms with Crippen LogP contribution in [-0.2, 0) is 9.59 Å². The first-order valence-corrected chi connectivity index (χ1v) is 8.59. The second kappa shape index (κ2) is 7.65. The van der Waals surface area contributed by atoms with Crippen molar-refractivity contribution in [3.63, 3.8) is 0 Å². The number of hydrogen-bond acceptors (Lipinski definition) is 2. The minimum Gasteiger partial charge on any atom is -0.351 e. The van der Waals surface area contributed by atoms with Crippen molar-refractivity contribution in [1.82, 2.24) is 10.2 Å². The van der Waals surface area contributed by atoms with Gasteiger partial charge in [-0.1, -0.05) is 36.6 Å². The molecule has 0 spiro atoms. The molecule has 2 rings (SSSR count). The summed E-state index contributed by atoms with van der Waals surface area (Å²) in [4.78, 5) is 26.3. The van der Waals surface area contributed by atoms with Crippen molar-refractivity contribution in [1.29, 1.82) is 0 Å². The van der Waals surface area contributed by atoms with Crippen LogP contribution in [0.25, 0.3) is 6.08 Å². The smallest absolute Gasteiger partial charge is 0.244 e. The molecule has 0 heterocycles. The zero-order chi connectivity index (χ0) is 17.7. The Morgan fingerprint density at radius 2 is 1.88 bits per heavy atom. The lowest BCUT2D eigenvalue weighted by molar-refractivity contribution is -0.139. The molecule has 1 aliphatic carbocycles. The molecule has 24 heavy (non-hydrogen) atoms. The van der Waals surface area contributed by atoms with Gasteiger partial charge in [0.25, 0.3) is 0 Å². The van der Waals surface area contributed by atoms with Crippen molar-refractivity contribution < 1.29 is 9.59 Å². The Labute approximate surface area is 144 Å². The Balaban J connectivity index is 1.99. The number of amides is 2. The zero-order valence-corrected chi connectivity index (χ0v) is 15.2. The van der Waals surface area contributed by atoms with Crippen molar-refractivity contribution in [2.45, 2.75) is 39.5 Å². The summed E-state index contributed by atoms with van der Waals surface area (Å²) in [6.07, 6.45) is 7.19. The van der Waals surface area contributed by atoms with E-state index in [1.165, 1.54) is 5.56 Å². The van der Waals surface area contributed by atoms with E-state index in [1.807, 2.05) is 25.1 Å². The second-order valence-corrected chi connectivity index (χ2v) is 7.10. The minimum atomic E-state index is -0.424. The van der Waals surface area contributed by atoms with E-state index in [9.17, 15) is 9.59 Å². The Morgan fingerprint density at radius 1 is 1.21 bits per heavy atom. The Kier molecular flexibility index (Phi) is 5.81. The average Bonchev–Trinajstić information content (AvgIpc) is 3.01. The Bertz CT molecular complexity index is 641. The standard InChI is InChI=1S/C20H28N2O2/c1-15-7-8-17(16(2)13-15)9-10-18(23)21-14-20(11-5-6-12-20)19(24)22(3)4/h7-10,13H,5-6,11-12,14H2,1-4H3,(H,21,23)/b10-9+. The highest BCUT2D eigenvalue weighted by atomic mass is 16.2. The van der Waals surface area contributed by atoms with E-state index in [2.05, 4.69) is 18.3 Å². The van der Waals surface area contributed by atoms with Crippen molar-refractivity contribution in [2.75, 3.05) is 20.6 Å². The molecule has 1 fully saturated rings. The number of benzene rings is 1. The van der Waals surface area contributed by atoms with Crippen LogP contribution in [0.5, 0.6) is 0 Å². The molecule has 4 heteroatoms. The number of nitrogens with zero attached hydrogens (tertiary/aromatic N) is 1. The molecule has 0 atom stereocenters. The van der Waals surface area contributed by atoms with Gasteiger partial charge in [-0.15, -0.1) is 0 Å². The van der Waals surface area contributed by atoms with E-state index in [4.69, 9.17) is 0 Å². The molecule has 0 saturated heterocycles. The number of nitrogens with one attached hydrogen (secondary N) is 1. The SMILES string of the molecule is Cc1ccc(/C=C/C(=O)NCC2(C(=O)N(C)C)CCCC2)c(C)c1. The predicted molar refractivity (Wildman–Crippen MR) is 97.6 cm³/mol. The first kappa shape index (κ1) is 18.2. The summed E-state index contributed by atoms with van der Waals surface area (Å²) in [6, 6.07) is 6.15. The lowest BCUT2D eigenvalue weighted by atomic mass is 9.84. The third-order valence-electron chi connectivity index (χ3n) is 4.86. The maximum Gasteiger partial charge on any atom is 0.244 e. The van der Waals surface area contributed by atoms with Gasteiger partial charge < -0.3 is 10.2 Å². The molecule has 1 aromatic carbocycles. The molecular weight excluding hydrogens is 300 g/mol. The van der Waals surface area contributed by atoms with Gasteiger partial charge in [0.05, 0.1) is 5.41 Å². The van der Waals surface area contributed by atoms with Crippen LogP contribution < -0.4 is 5.32 Å². The molecule has 0 radical (unpaired) electrons. The fourth-order valence-electron chi connectivity index (χ4n) is 3.49. The molecular formula is C20H28N2O2. The van der Waals surface area contributed by atoms with Gasteiger partial charge in [-0.25, -0.2) is 0 Å². The van der Waals surface area contributed by atoms with Crippen LogP contribution in [-0.4, -0.2) is 37.4 Å². The number of rotatable bonds is 5. The van der Waals surface area contributed by atoms with Crippen molar-refractivity contribution in [3.8, 4) is 0 Å². The van der Waals surface area contributed by atoms with E-state index in [-0.39, 0.29) is 11.8 Å². The summed E-state index contributed by atoms with van der Waals surface area (Å²) < 4.78 is 0. The van der Waals surface area contributed by atoms with E-state index in [1.54, 1.807) is 25.1 Å². The van der Waals surface area contributed by atoms with Crippen molar-refractivity contribution in [3.05, 3.63) is 41.0 Å². The molecule has 1 aliphatic rings. The number of carbonyl (C=O) groups excluding carboxylic acids is 2. The minimum absolute atomic E-state index is 0.124. The fraction of sp³-hybridized carbons (Fsp3) is 0.500. The highest BCUT2D eigenvalue weighted by molar-refractivity contribution is 5.92. The third-order valence-corrected chi connectivity index (χ3v) is 4.86. The van der Waals surface area contributed by atoms with Gasteiger partial charge in [-0.2, -0.15) is 0 Å². The van der Waals surface area contributed by atoms with Crippen LogP contribution in [0.3, 0.4) is 0 Å². The second-order valence-electron chi connectivity index (χ2n) is 7.10. The van der Waals surface area contributed by atoms with Gasteiger partial charge >= 0.3 is 0 Å². The number of hydrogen-bond donors (Lipinski definition) is 1. The molecule has 1 N–H and O–H groups in total. The van der Waals surface area contributed by atoms with E-state index in [0.717, 1.165) is 36.8 Å². The van der Waals surface area contributed by atoms with Gasteiger partial charge in [0.15, 0.2) is 0 Å². The predicted octanol–water partition coefficient (Wildman–Crippen LogP) is 3.08. The molecule has 1 saturated carbocycles. The number of carbonyl (C=O) groups is 2. The van der Waals surface area contributed by atoms with Gasteiger partial charge in [0.1, 0.15) is 0 Å². The van der Waals surface area contributed by atoms with Crippen molar-refractivity contribution >= 4 is 17.9 Å². The summed E-state index contributed by atoms with van der Waals surface area (Å²) in [5.41, 5.74) is 2.97. The fourth-order valence-corrected chi connectivity index (χ4v) is 3.49. The first-order chi connectivity index (χ1) is 11.3. The van der Waals surface area contributed by atoms with Gasteiger partial charge in [0, 0.05) is 26.7 Å². The lowest BCUT2D eigenvalue weighted by Gasteiger charge is -2.30. The van der Waals surface area contributed by atoms with Gasteiger partial charge in [-0.05, 0) is 43.9 Å². The van der Waals surface area contributed by atoms with Gasteiger partial charge in [-0.3, -0.25) is 9.59 Å². The molecule has 0 bridgehead atoms. The van der Waals surface area contributed by atoms with Crippen LogP contribution in [0, 0.1) is 19.3 Å². The maximum atomic E-state index is 12.5. The molecule has 0 aromatic heterocycles. The third kappa shape index (κ3) is 4.25. The monoisotopic (exact) mass is 328 g/mol. The first-order valence-electron chi connectivity index (χ1n) is 8.59. The number of aryl methyl sites for hydroxylation is 2. The molecule has 4 nitrogen and oxygen atoms in total. The normalized spacial score (nSPS) is 16.3. The van der Waals surface area contributed by atoms with Crippen LogP contribution in [0.2, 0.25) is 0 Å². The molecule has 2 amide bonds. The van der Waals surface area contributed by atoms with Gasteiger partial charge in [0.2, 0.25) is 11.8 Å². The summed E-state index contributed by atoms with van der Waals surface area (Å²) in [5, 5.41) is 2.93. The van der Waals surface area contributed by atoms with E-state index < -0.39 is 5.41 Å². The van der Waals surface area contributed by atoms with E-state index in [0.29, 0.717) is 6.54 Å². The quantitative estimate of drug-likeness (QED) is 0.845. The van der Waals surface area contributed by atoms with Crippen LogP contribution >= 0.6 is 0 Å². The summed E-state index contributed by atoms with van der Waals surface area (Å²) in [7, 11) is 3.56. The lowest BCUT2D eigenvalue weighted by Crippen LogP contribution is -2.46. The molecule has 1 aromatic rings. The summed E-state index contributed by atoms with van der Waals surface area (Å²) in [5.74, 6) is -0.0218. The maximum absolute atomic E-state index is 12.5. The summed E-state index contributed by atoms with van der Waals surface area (Å²) >= 11 is 0. The molecule has 0 aliphatic heterocycles. The van der Waals surface area contributed by atoms with Crippen molar-refractivity contribution in [2.24, 2.45) is 5.41 Å². The van der Waals surface area contributed by atoms with Crippen LogP contribution in [0.15, 0.2) is 24.3 Å². The largest absolute Gasteiger partial charge is 0.351 e. The molecule has 0 unspecified atom stereocenters.